The third-order valence-electron chi connectivity index (χ3n) is 3.65. The Kier molecular flexibility index (Phi) is 4.90. The first-order valence-corrected chi connectivity index (χ1v) is 8.49. The Labute approximate surface area is 148 Å². The summed E-state index contributed by atoms with van der Waals surface area (Å²) in [5.41, 5.74) is 2.87. The first-order chi connectivity index (χ1) is 12.1. The summed E-state index contributed by atoms with van der Waals surface area (Å²) in [5.74, 6) is -1.07. The standard InChI is InChI=1S/C19H16N2O3S/c1-20-18(24)13-8-6-12(7-9-13)10-14(11-17(22)23)19-21-15-4-2-3-5-16(15)25-19/h2-10H,11H2,1H3,(H,20,24)(H,22,23)/b14-10+. The molecule has 3 aromatic rings. The van der Waals surface area contributed by atoms with Gasteiger partial charge in [0.15, 0.2) is 0 Å². The third kappa shape index (κ3) is 3.92. The number of para-hydroxylation sites is 1. The fraction of sp³-hybridized carbons (Fsp3) is 0.105. The molecule has 0 saturated heterocycles. The summed E-state index contributed by atoms with van der Waals surface area (Å²) in [7, 11) is 1.58. The Hall–Kier alpha value is -2.99. The maximum Gasteiger partial charge on any atom is 0.307 e. The van der Waals surface area contributed by atoms with Gasteiger partial charge in [0.1, 0.15) is 5.01 Å². The van der Waals surface area contributed by atoms with Crippen molar-refractivity contribution < 1.29 is 14.7 Å². The van der Waals surface area contributed by atoms with Gasteiger partial charge >= 0.3 is 5.97 Å². The Morgan fingerprint density at radius 1 is 1.16 bits per heavy atom. The van der Waals surface area contributed by atoms with E-state index in [0.717, 1.165) is 15.8 Å². The fourth-order valence-electron chi connectivity index (χ4n) is 2.44. The SMILES string of the molecule is CNC(=O)c1ccc(/C=C(\CC(=O)O)c2nc3ccccc3s2)cc1. The number of benzene rings is 2. The molecule has 0 radical (unpaired) electrons. The number of nitrogens with zero attached hydrogens (tertiary/aromatic N) is 1. The number of nitrogens with one attached hydrogen (secondary N) is 1. The molecule has 2 aromatic carbocycles. The van der Waals surface area contributed by atoms with E-state index < -0.39 is 5.97 Å². The molecular formula is C19H16N2O3S. The molecule has 0 atom stereocenters. The number of thiazole rings is 1. The highest BCUT2D eigenvalue weighted by molar-refractivity contribution is 7.19. The van der Waals surface area contributed by atoms with E-state index in [-0.39, 0.29) is 12.3 Å². The molecule has 1 aromatic heterocycles. The van der Waals surface area contributed by atoms with Crippen molar-refractivity contribution in [1.82, 2.24) is 10.3 Å². The van der Waals surface area contributed by atoms with Crippen LogP contribution in [0.15, 0.2) is 48.5 Å². The number of carbonyl (C=O) groups excluding carboxylic acids is 1. The van der Waals surface area contributed by atoms with Gasteiger partial charge in [-0.1, -0.05) is 24.3 Å². The highest BCUT2D eigenvalue weighted by atomic mass is 32.1. The van der Waals surface area contributed by atoms with Crippen molar-refractivity contribution in [3.05, 3.63) is 64.7 Å². The van der Waals surface area contributed by atoms with E-state index in [9.17, 15) is 14.7 Å². The molecule has 0 aliphatic carbocycles. The van der Waals surface area contributed by atoms with Crippen LogP contribution in [0, 0.1) is 0 Å². The van der Waals surface area contributed by atoms with Gasteiger partial charge in [-0.05, 0) is 41.5 Å². The van der Waals surface area contributed by atoms with Gasteiger partial charge in [0.25, 0.3) is 5.91 Å². The number of carboxylic acids is 1. The number of hydrogen-bond donors (Lipinski definition) is 2. The van der Waals surface area contributed by atoms with Crippen LogP contribution in [0.5, 0.6) is 0 Å². The molecule has 1 amide bonds. The zero-order valence-electron chi connectivity index (χ0n) is 13.5. The average Bonchev–Trinajstić information content (AvgIpc) is 3.05. The number of fused-ring (bicyclic) bond motifs is 1. The topological polar surface area (TPSA) is 79.3 Å². The third-order valence-corrected chi connectivity index (χ3v) is 4.76. The first-order valence-electron chi connectivity index (χ1n) is 7.67. The molecule has 0 aliphatic rings. The maximum absolute atomic E-state index is 11.6. The number of hydrogen-bond acceptors (Lipinski definition) is 4. The van der Waals surface area contributed by atoms with Crippen LogP contribution in [0.3, 0.4) is 0 Å². The van der Waals surface area contributed by atoms with Crippen molar-refractivity contribution in [3.63, 3.8) is 0 Å². The van der Waals surface area contributed by atoms with E-state index in [2.05, 4.69) is 10.3 Å². The van der Waals surface area contributed by atoms with Gasteiger partial charge in [0, 0.05) is 12.6 Å². The lowest BCUT2D eigenvalue weighted by atomic mass is 10.1. The Bertz CT molecular complexity index is 925. The first kappa shape index (κ1) is 16.9. The van der Waals surface area contributed by atoms with Crippen molar-refractivity contribution in [2.45, 2.75) is 6.42 Å². The summed E-state index contributed by atoms with van der Waals surface area (Å²) in [6.07, 6.45) is 1.69. The Balaban J connectivity index is 1.98. The molecule has 0 spiro atoms. The second kappa shape index (κ2) is 7.27. The molecular weight excluding hydrogens is 336 g/mol. The largest absolute Gasteiger partial charge is 0.481 e. The monoisotopic (exact) mass is 352 g/mol. The molecule has 0 fully saturated rings. The summed E-state index contributed by atoms with van der Waals surface area (Å²) < 4.78 is 1.02. The minimum Gasteiger partial charge on any atom is -0.481 e. The van der Waals surface area contributed by atoms with E-state index in [0.29, 0.717) is 16.1 Å². The van der Waals surface area contributed by atoms with E-state index in [4.69, 9.17) is 0 Å². The highest BCUT2D eigenvalue weighted by Gasteiger charge is 2.12. The number of rotatable bonds is 5. The number of aromatic nitrogens is 1. The van der Waals surface area contributed by atoms with Crippen LogP contribution < -0.4 is 5.32 Å². The lowest BCUT2D eigenvalue weighted by Gasteiger charge is -2.03. The number of carboxylic acid groups (broad SMARTS) is 1. The molecule has 5 nitrogen and oxygen atoms in total. The number of aliphatic carboxylic acids is 1. The lowest BCUT2D eigenvalue weighted by molar-refractivity contribution is -0.135. The Morgan fingerprint density at radius 2 is 1.88 bits per heavy atom. The summed E-state index contributed by atoms with van der Waals surface area (Å²) in [6, 6.07) is 14.7. The highest BCUT2D eigenvalue weighted by Crippen LogP contribution is 2.30. The van der Waals surface area contributed by atoms with Crippen LogP contribution in [0.1, 0.15) is 27.3 Å². The predicted molar refractivity (Wildman–Crippen MR) is 99.6 cm³/mol. The number of amides is 1. The van der Waals surface area contributed by atoms with Crippen LogP contribution >= 0.6 is 11.3 Å². The van der Waals surface area contributed by atoms with Crippen molar-refractivity contribution >= 4 is 45.1 Å². The molecule has 0 unspecified atom stereocenters. The van der Waals surface area contributed by atoms with Crippen LogP contribution in [0.4, 0.5) is 0 Å². The minimum absolute atomic E-state index is 0.114. The van der Waals surface area contributed by atoms with Gasteiger partial charge in [0.05, 0.1) is 16.6 Å². The molecule has 1 heterocycles. The molecule has 3 rings (SSSR count). The average molecular weight is 352 g/mol. The maximum atomic E-state index is 11.6. The lowest BCUT2D eigenvalue weighted by Crippen LogP contribution is -2.17. The van der Waals surface area contributed by atoms with Crippen molar-refractivity contribution in [1.29, 1.82) is 0 Å². The molecule has 126 valence electrons. The molecule has 0 bridgehead atoms. The van der Waals surface area contributed by atoms with Crippen LogP contribution in [-0.4, -0.2) is 29.0 Å². The van der Waals surface area contributed by atoms with Gasteiger partial charge < -0.3 is 10.4 Å². The summed E-state index contributed by atoms with van der Waals surface area (Å²) in [4.78, 5) is 27.4. The van der Waals surface area contributed by atoms with E-state index in [1.807, 2.05) is 24.3 Å². The van der Waals surface area contributed by atoms with Crippen molar-refractivity contribution in [3.8, 4) is 0 Å². The predicted octanol–water partition coefficient (Wildman–Crippen LogP) is 3.67. The van der Waals surface area contributed by atoms with Crippen LogP contribution in [0.2, 0.25) is 0 Å². The van der Waals surface area contributed by atoms with Gasteiger partial charge in [-0.25, -0.2) is 4.98 Å². The Morgan fingerprint density at radius 3 is 2.52 bits per heavy atom. The summed E-state index contributed by atoms with van der Waals surface area (Å²) >= 11 is 1.47. The zero-order chi connectivity index (χ0) is 17.8. The second-order valence-electron chi connectivity index (χ2n) is 5.43. The minimum atomic E-state index is -0.910. The summed E-state index contributed by atoms with van der Waals surface area (Å²) in [6.45, 7) is 0. The molecule has 0 saturated carbocycles. The van der Waals surface area contributed by atoms with Gasteiger partial charge in [0.2, 0.25) is 0 Å². The van der Waals surface area contributed by atoms with Crippen LogP contribution in [0.25, 0.3) is 21.9 Å². The molecule has 25 heavy (non-hydrogen) atoms. The van der Waals surface area contributed by atoms with Gasteiger partial charge in [-0.3, -0.25) is 9.59 Å². The summed E-state index contributed by atoms with van der Waals surface area (Å²) in [5, 5.41) is 12.5. The molecule has 2 N–H and O–H groups in total. The number of carbonyl (C=O) groups is 2. The quantitative estimate of drug-likeness (QED) is 0.734. The van der Waals surface area contributed by atoms with E-state index in [1.165, 1.54) is 11.3 Å². The van der Waals surface area contributed by atoms with Gasteiger partial charge in [-0.15, -0.1) is 11.3 Å². The van der Waals surface area contributed by atoms with Crippen LogP contribution in [-0.2, 0) is 4.79 Å². The molecule has 6 heteroatoms. The van der Waals surface area contributed by atoms with Crippen molar-refractivity contribution in [2.75, 3.05) is 7.05 Å². The van der Waals surface area contributed by atoms with Gasteiger partial charge in [-0.2, -0.15) is 0 Å². The normalized spacial score (nSPS) is 11.5. The molecule has 0 aliphatic heterocycles. The van der Waals surface area contributed by atoms with E-state index in [1.54, 1.807) is 37.4 Å². The smallest absolute Gasteiger partial charge is 0.307 e. The van der Waals surface area contributed by atoms with E-state index >= 15 is 0 Å². The van der Waals surface area contributed by atoms with Crippen molar-refractivity contribution in [2.24, 2.45) is 0 Å². The zero-order valence-corrected chi connectivity index (χ0v) is 14.3. The fourth-order valence-corrected chi connectivity index (χ4v) is 3.42. The second-order valence-corrected chi connectivity index (χ2v) is 6.46.